The maximum Gasteiger partial charge on any atom is 0.251 e. The Kier molecular flexibility index (Phi) is 5.33. The third kappa shape index (κ3) is 4.04. The van der Waals surface area contributed by atoms with Crippen molar-refractivity contribution in [1.29, 1.82) is 0 Å². The molecule has 5 nitrogen and oxygen atoms in total. The summed E-state index contributed by atoms with van der Waals surface area (Å²) in [6, 6.07) is 7.00. The van der Waals surface area contributed by atoms with Gasteiger partial charge in [0.1, 0.15) is 0 Å². The first kappa shape index (κ1) is 15.5. The van der Waals surface area contributed by atoms with E-state index in [9.17, 15) is 9.59 Å². The Morgan fingerprint density at radius 2 is 1.95 bits per heavy atom. The number of hydrogen-bond donors (Lipinski definition) is 3. The summed E-state index contributed by atoms with van der Waals surface area (Å²) in [5.74, 6) is 0.371. The van der Waals surface area contributed by atoms with Gasteiger partial charge in [-0.1, -0.05) is 13.8 Å². The highest BCUT2D eigenvalue weighted by atomic mass is 16.2. The van der Waals surface area contributed by atoms with Crippen LogP contribution in [0.4, 0.5) is 5.69 Å². The van der Waals surface area contributed by atoms with Crippen LogP contribution in [0.5, 0.6) is 0 Å². The van der Waals surface area contributed by atoms with Gasteiger partial charge in [-0.15, -0.1) is 0 Å². The van der Waals surface area contributed by atoms with Gasteiger partial charge in [0.05, 0.1) is 0 Å². The van der Waals surface area contributed by atoms with Crippen LogP contribution in [0.25, 0.3) is 0 Å². The van der Waals surface area contributed by atoms with E-state index in [-0.39, 0.29) is 17.7 Å². The van der Waals surface area contributed by atoms with Crippen LogP contribution in [0.2, 0.25) is 0 Å². The molecule has 5 heteroatoms. The first-order chi connectivity index (χ1) is 10.1. The number of carbonyl (C=O) groups is 2. The Balaban J connectivity index is 1.89. The van der Waals surface area contributed by atoms with E-state index in [0.717, 1.165) is 25.2 Å². The fraction of sp³-hybridized carbons (Fsp3) is 0.500. The molecule has 21 heavy (non-hydrogen) atoms. The van der Waals surface area contributed by atoms with E-state index >= 15 is 0 Å². The van der Waals surface area contributed by atoms with Gasteiger partial charge in [-0.2, -0.15) is 0 Å². The van der Waals surface area contributed by atoms with Gasteiger partial charge in [0, 0.05) is 23.7 Å². The highest BCUT2D eigenvalue weighted by Crippen LogP contribution is 2.18. The van der Waals surface area contributed by atoms with E-state index in [4.69, 9.17) is 0 Å². The van der Waals surface area contributed by atoms with Crippen LogP contribution >= 0.6 is 0 Å². The lowest BCUT2D eigenvalue weighted by Crippen LogP contribution is -2.48. The van der Waals surface area contributed by atoms with Gasteiger partial charge in [-0.25, -0.2) is 0 Å². The maximum atomic E-state index is 12.1. The molecule has 1 aliphatic heterocycles. The lowest BCUT2D eigenvalue weighted by molar-refractivity contribution is -0.121. The summed E-state index contributed by atoms with van der Waals surface area (Å²) in [5.41, 5.74) is 1.34. The number of nitrogens with one attached hydrogen (secondary N) is 3. The third-order valence-corrected chi connectivity index (χ3v) is 3.88. The molecule has 1 aliphatic rings. The van der Waals surface area contributed by atoms with Crippen molar-refractivity contribution in [2.75, 3.05) is 25.0 Å². The summed E-state index contributed by atoms with van der Waals surface area (Å²) in [6.07, 6.45) is 0.911. The van der Waals surface area contributed by atoms with Gasteiger partial charge < -0.3 is 16.0 Å². The van der Waals surface area contributed by atoms with Gasteiger partial charge in [0.2, 0.25) is 5.91 Å². The average Bonchev–Trinajstić information content (AvgIpc) is 2.43. The Hall–Kier alpha value is -1.88. The van der Waals surface area contributed by atoms with E-state index in [2.05, 4.69) is 16.0 Å². The van der Waals surface area contributed by atoms with Crippen LogP contribution in [-0.2, 0) is 4.79 Å². The monoisotopic (exact) mass is 289 g/mol. The quantitative estimate of drug-likeness (QED) is 0.745. The molecule has 0 bridgehead atoms. The lowest BCUT2D eigenvalue weighted by Gasteiger charge is -2.31. The lowest BCUT2D eigenvalue weighted by atomic mass is 9.88. The zero-order chi connectivity index (χ0) is 15.2. The molecule has 0 aliphatic carbocycles. The summed E-state index contributed by atoms with van der Waals surface area (Å²) in [5, 5.41) is 8.90. The maximum absolute atomic E-state index is 12.1. The highest BCUT2D eigenvalue weighted by molar-refractivity contribution is 5.96. The van der Waals surface area contributed by atoms with E-state index < -0.39 is 0 Å². The topological polar surface area (TPSA) is 70.2 Å². The van der Waals surface area contributed by atoms with Crippen LogP contribution in [0.15, 0.2) is 24.3 Å². The van der Waals surface area contributed by atoms with Crippen LogP contribution in [0.1, 0.15) is 30.6 Å². The van der Waals surface area contributed by atoms with Gasteiger partial charge in [-0.3, -0.25) is 9.59 Å². The minimum atomic E-state index is -0.0800. The molecule has 0 spiro atoms. The van der Waals surface area contributed by atoms with Crippen molar-refractivity contribution in [3.63, 3.8) is 0 Å². The Morgan fingerprint density at radius 1 is 1.29 bits per heavy atom. The number of amides is 2. The SMILES string of the molecule is CCCNC(=O)c1ccc(NC(=O)C(C)C2CNC2)cc1. The summed E-state index contributed by atoms with van der Waals surface area (Å²) in [6.45, 7) is 6.45. The van der Waals surface area contributed by atoms with Crippen molar-refractivity contribution in [2.45, 2.75) is 20.3 Å². The minimum absolute atomic E-state index is 0.00113. The van der Waals surface area contributed by atoms with Crippen molar-refractivity contribution in [3.05, 3.63) is 29.8 Å². The second-order valence-electron chi connectivity index (χ2n) is 5.53. The zero-order valence-corrected chi connectivity index (χ0v) is 12.6. The number of anilines is 1. The molecule has 1 aromatic carbocycles. The molecule has 1 atom stereocenters. The van der Waals surface area contributed by atoms with Crippen LogP contribution in [0, 0.1) is 11.8 Å². The minimum Gasteiger partial charge on any atom is -0.352 e. The summed E-state index contributed by atoms with van der Waals surface area (Å²) in [4.78, 5) is 23.9. The summed E-state index contributed by atoms with van der Waals surface area (Å²) in [7, 11) is 0. The van der Waals surface area contributed by atoms with Crippen molar-refractivity contribution in [1.82, 2.24) is 10.6 Å². The Bertz CT molecular complexity index is 495. The number of benzene rings is 1. The second-order valence-corrected chi connectivity index (χ2v) is 5.53. The van der Waals surface area contributed by atoms with Gasteiger partial charge >= 0.3 is 0 Å². The number of hydrogen-bond acceptors (Lipinski definition) is 3. The van der Waals surface area contributed by atoms with Gasteiger partial charge in [0.25, 0.3) is 5.91 Å². The molecule has 1 saturated heterocycles. The molecular weight excluding hydrogens is 266 g/mol. The van der Waals surface area contributed by atoms with Gasteiger partial charge in [0.15, 0.2) is 0 Å². The molecular formula is C16H23N3O2. The molecule has 1 heterocycles. The average molecular weight is 289 g/mol. The highest BCUT2D eigenvalue weighted by Gasteiger charge is 2.28. The summed E-state index contributed by atoms with van der Waals surface area (Å²) < 4.78 is 0. The van der Waals surface area contributed by atoms with Crippen LogP contribution in [-0.4, -0.2) is 31.4 Å². The van der Waals surface area contributed by atoms with Crippen molar-refractivity contribution in [3.8, 4) is 0 Å². The molecule has 1 fully saturated rings. The largest absolute Gasteiger partial charge is 0.352 e. The predicted octanol–water partition coefficient (Wildman–Crippen LogP) is 1.62. The van der Waals surface area contributed by atoms with E-state index in [1.54, 1.807) is 24.3 Å². The number of carbonyl (C=O) groups excluding carboxylic acids is 2. The first-order valence-electron chi connectivity index (χ1n) is 7.51. The zero-order valence-electron chi connectivity index (χ0n) is 12.6. The third-order valence-electron chi connectivity index (χ3n) is 3.88. The molecule has 0 saturated carbocycles. The standard InChI is InChI=1S/C16H23N3O2/c1-3-8-18-16(21)12-4-6-14(7-5-12)19-15(20)11(2)13-9-17-10-13/h4-7,11,13,17H,3,8-10H2,1-2H3,(H,18,21)(H,19,20). The first-order valence-corrected chi connectivity index (χ1v) is 7.51. The molecule has 0 aromatic heterocycles. The Morgan fingerprint density at radius 3 is 2.48 bits per heavy atom. The molecule has 2 amide bonds. The van der Waals surface area contributed by atoms with Crippen LogP contribution in [0.3, 0.4) is 0 Å². The fourth-order valence-corrected chi connectivity index (χ4v) is 2.18. The normalized spacial score (nSPS) is 15.9. The van der Waals surface area contributed by atoms with Crippen molar-refractivity contribution in [2.24, 2.45) is 11.8 Å². The van der Waals surface area contributed by atoms with E-state index in [1.165, 1.54) is 0 Å². The molecule has 3 N–H and O–H groups in total. The Labute approximate surface area is 125 Å². The van der Waals surface area contributed by atoms with Gasteiger partial charge in [-0.05, 0) is 49.7 Å². The molecule has 114 valence electrons. The van der Waals surface area contributed by atoms with Crippen molar-refractivity contribution < 1.29 is 9.59 Å². The number of rotatable bonds is 6. The van der Waals surface area contributed by atoms with Crippen LogP contribution < -0.4 is 16.0 Å². The molecule has 0 radical (unpaired) electrons. The fourth-order valence-electron chi connectivity index (χ4n) is 2.18. The smallest absolute Gasteiger partial charge is 0.251 e. The second kappa shape index (κ2) is 7.22. The molecule has 1 aromatic rings. The van der Waals surface area contributed by atoms with E-state index in [0.29, 0.717) is 18.0 Å². The van der Waals surface area contributed by atoms with Crippen molar-refractivity contribution >= 4 is 17.5 Å². The molecule has 1 unspecified atom stereocenters. The molecule has 2 rings (SSSR count). The van der Waals surface area contributed by atoms with E-state index in [1.807, 2.05) is 13.8 Å². The predicted molar refractivity (Wildman–Crippen MR) is 83.2 cm³/mol. The summed E-state index contributed by atoms with van der Waals surface area (Å²) >= 11 is 0.